The molecule has 0 radical (unpaired) electrons. The Hall–Kier alpha value is -2.20. The lowest BCUT2D eigenvalue weighted by molar-refractivity contribution is 0.112. The van der Waals surface area contributed by atoms with E-state index in [2.05, 4.69) is 16.0 Å². The fourth-order valence-corrected chi connectivity index (χ4v) is 1.39. The minimum Gasteiger partial charge on any atom is -0.381 e. The molecule has 1 aromatic heterocycles. The lowest BCUT2D eigenvalue weighted by Crippen LogP contribution is -1.99. The number of nitrogens with two attached hydrogens (primary N) is 1. The first-order valence-corrected chi connectivity index (χ1v) is 5.64. The van der Waals surface area contributed by atoms with Crippen LogP contribution in [0.2, 0.25) is 0 Å². The molecule has 4 nitrogen and oxygen atoms in total. The molecule has 0 saturated carbocycles. The van der Waals surface area contributed by atoms with Crippen LogP contribution in [0.4, 0.5) is 5.69 Å². The van der Waals surface area contributed by atoms with Gasteiger partial charge in [-0.25, -0.2) is 0 Å². The van der Waals surface area contributed by atoms with Gasteiger partial charge in [-0.1, -0.05) is 24.3 Å². The molecule has 0 fully saturated rings. The third kappa shape index (κ3) is 4.35. The smallest absolute Gasteiger partial charge is 0.150 e. The van der Waals surface area contributed by atoms with E-state index in [0.29, 0.717) is 5.56 Å². The van der Waals surface area contributed by atoms with Crippen molar-refractivity contribution >= 4 is 12.0 Å². The zero-order valence-electron chi connectivity index (χ0n) is 10.3. The summed E-state index contributed by atoms with van der Waals surface area (Å²) < 4.78 is 0. The van der Waals surface area contributed by atoms with Crippen LogP contribution < -0.4 is 11.1 Å². The molecule has 0 aliphatic heterocycles. The van der Waals surface area contributed by atoms with Crippen molar-refractivity contribution in [3.8, 4) is 0 Å². The molecule has 0 unspecified atom stereocenters. The summed E-state index contributed by atoms with van der Waals surface area (Å²) in [5.41, 5.74) is 7.38. The molecule has 0 spiro atoms. The fraction of sp³-hybridized carbons (Fsp3) is 0.143. The summed E-state index contributed by atoms with van der Waals surface area (Å²) in [4.78, 5) is 14.4. The van der Waals surface area contributed by atoms with Crippen LogP contribution in [0.1, 0.15) is 15.9 Å². The molecule has 0 aliphatic rings. The van der Waals surface area contributed by atoms with Crippen molar-refractivity contribution in [1.29, 1.82) is 0 Å². The predicted octanol–water partition coefficient (Wildman–Crippen LogP) is 2.08. The third-order valence-corrected chi connectivity index (χ3v) is 2.29. The average molecular weight is 243 g/mol. The summed E-state index contributed by atoms with van der Waals surface area (Å²) in [5.74, 6) is 0. The van der Waals surface area contributed by atoms with Gasteiger partial charge >= 0.3 is 0 Å². The first-order chi connectivity index (χ1) is 8.88. The van der Waals surface area contributed by atoms with Crippen molar-refractivity contribution in [2.75, 3.05) is 12.4 Å². The van der Waals surface area contributed by atoms with Gasteiger partial charge in [0.2, 0.25) is 0 Å². The highest BCUT2D eigenvalue weighted by Crippen LogP contribution is 2.08. The van der Waals surface area contributed by atoms with Crippen molar-refractivity contribution in [2.24, 2.45) is 5.73 Å². The van der Waals surface area contributed by atoms with Crippen LogP contribution in [0.15, 0.2) is 48.8 Å². The molecule has 1 heterocycles. The van der Waals surface area contributed by atoms with Crippen LogP contribution in [0.3, 0.4) is 0 Å². The Balaban J connectivity index is 0.000000771. The third-order valence-electron chi connectivity index (χ3n) is 2.29. The van der Waals surface area contributed by atoms with Crippen molar-refractivity contribution < 1.29 is 4.79 Å². The Morgan fingerprint density at radius 3 is 2.28 bits per heavy atom. The Morgan fingerprint density at radius 1 is 1.11 bits per heavy atom. The Kier molecular flexibility index (Phi) is 6.14. The van der Waals surface area contributed by atoms with Gasteiger partial charge in [-0.05, 0) is 24.7 Å². The van der Waals surface area contributed by atoms with Gasteiger partial charge in [0, 0.05) is 30.2 Å². The van der Waals surface area contributed by atoms with E-state index in [1.165, 1.54) is 7.05 Å². The van der Waals surface area contributed by atoms with Crippen molar-refractivity contribution in [2.45, 2.75) is 6.54 Å². The number of nitrogens with one attached hydrogen (secondary N) is 1. The zero-order chi connectivity index (χ0) is 13.2. The second kappa shape index (κ2) is 7.97. The zero-order valence-corrected chi connectivity index (χ0v) is 10.3. The van der Waals surface area contributed by atoms with Gasteiger partial charge < -0.3 is 11.1 Å². The van der Waals surface area contributed by atoms with Crippen LogP contribution >= 0.6 is 0 Å². The minimum atomic E-state index is 0.702. The van der Waals surface area contributed by atoms with E-state index in [1.807, 2.05) is 36.4 Å². The lowest BCUT2D eigenvalue weighted by Gasteiger charge is -2.05. The quantitative estimate of drug-likeness (QED) is 0.807. The maximum absolute atomic E-state index is 10.5. The SMILES string of the molecule is CN.O=Cc1ccc(CNc2ccncc2)cc1. The average Bonchev–Trinajstić information content (AvgIpc) is 2.49. The van der Waals surface area contributed by atoms with Gasteiger partial charge in [0.25, 0.3) is 0 Å². The Bertz CT molecular complexity index is 454. The highest BCUT2D eigenvalue weighted by atomic mass is 16.1. The van der Waals surface area contributed by atoms with Gasteiger partial charge in [0.05, 0.1) is 0 Å². The van der Waals surface area contributed by atoms with Crippen LogP contribution in [-0.4, -0.2) is 18.3 Å². The molecule has 0 saturated heterocycles. The van der Waals surface area contributed by atoms with E-state index in [0.717, 1.165) is 24.1 Å². The largest absolute Gasteiger partial charge is 0.381 e. The molecule has 1 aromatic carbocycles. The first-order valence-electron chi connectivity index (χ1n) is 5.64. The number of pyridine rings is 1. The van der Waals surface area contributed by atoms with Crippen LogP contribution in [0.5, 0.6) is 0 Å². The Morgan fingerprint density at radius 2 is 1.72 bits per heavy atom. The number of hydrogen-bond acceptors (Lipinski definition) is 4. The van der Waals surface area contributed by atoms with Gasteiger partial charge in [0.15, 0.2) is 0 Å². The van der Waals surface area contributed by atoms with Crippen LogP contribution in [-0.2, 0) is 6.54 Å². The molecular formula is C14H17N3O. The first kappa shape index (κ1) is 13.9. The summed E-state index contributed by atoms with van der Waals surface area (Å²) in [6.07, 6.45) is 4.34. The number of benzene rings is 1. The molecule has 0 amide bonds. The number of aromatic nitrogens is 1. The summed E-state index contributed by atoms with van der Waals surface area (Å²) in [7, 11) is 1.50. The standard InChI is InChI=1S/C13H12N2O.CH5N/c16-10-12-3-1-11(2-4-12)9-15-13-5-7-14-8-6-13;1-2/h1-8,10H,9H2,(H,14,15);2H2,1H3. The maximum Gasteiger partial charge on any atom is 0.150 e. The molecule has 94 valence electrons. The van der Waals surface area contributed by atoms with E-state index in [4.69, 9.17) is 0 Å². The van der Waals surface area contributed by atoms with E-state index < -0.39 is 0 Å². The molecule has 4 heteroatoms. The Labute approximate surface area is 107 Å². The molecule has 0 aliphatic carbocycles. The molecule has 2 rings (SSSR count). The molecule has 3 N–H and O–H groups in total. The van der Waals surface area contributed by atoms with Crippen LogP contribution in [0.25, 0.3) is 0 Å². The molecular weight excluding hydrogens is 226 g/mol. The summed E-state index contributed by atoms with van der Waals surface area (Å²) in [6.45, 7) is 0.739. The summed E-state index contributed by atoms with van der Waals surface area (Å²) >= 11 is 0. The summed E-state index contributed by atoms with van der Waals surface area (Å²) in [6, 6.07) is 11.3. The van der Waals surface area contributed by atoms with Crippen molar-refractivity contribution in [3.05, 3.63) is 59.9 Å². The number of aldehydes is 1. The second-order valence-corrected chi connectivity index (χ2v) is 3.45. The highest BCUT2D eigenvalue weighted by molar-refractivity contribution is 5.74. The van der Waals surface area contributed by atoms with E-state index in [1.54, 1.807) is 12.4 Å². The topological polar surface area (TPSA) is 68.0 Å². The summed E-state index contributed by atoms with van der Waals surface area (Å²) in [5, 5.41) is 3.27. The predicted molar refractivity (Wildman–Crippen MR) is 73.5 cm³/mol. The number of hydrogen-bond donors (Lipinski definition) is 2. The van der Waals surface area contributed by atoms with Crippen molar-refractivity contribution in [3.63, 3.8) is 0 Å². The number of nitrogens with zero attached hydrogens (tertiary/aromatic N) is 1. The number of carbonyl (C=O) groups is 1. The van der Waals surface area contributed by atoms with Gasteiger partial charge in [0.1, 0.15) is 6.29 Å². The van der Waals surface area contributed by atoms with E-state index >= 15 is 0 Å². The maximum atomic E-state index is 10.5. The van der Waals surface area contributed by atoms with Gasteiger partial charge in [-0.3, -0.25) is 9.78 Å². The van der Waals surface area contributed by atoms with Crippen molar-refractivity contribution in [1.82, 2.24) is 4.98 Å². The second-order valence-electron chi connectivity index (χ2n) is 3.45. The molecule has 18 heavy (non-hydrogen) atoms. The van der Waals surface area contributed by atoms with E-state index in [-0.39, 0.29) is 0 Å². The fourth-order valence-electron chi connectivity index (χ4n) is 1.39. The molecule has 0 bridgehead atoms. The van der Waals surface area contributed by atoms with Gasteiger partial charge in [-0.15, -0.1) is 0 Å². The monoisotopic (exact) mass is 243 g/mol. The molecule has 2 aromatic rings. The van der Waals surface area contributed by atoms with Crippen LogP contribution in [0, 0.1) is 0 Å². The number of carbonyl (C=O) groups excluding carboxylic acids is 1. The molecule has 0 atom stereocenters. The highest BCUT2D eigenvalue weighted by Gasteiger charge is 1.94. The van der Waals surface area contributed by atoms with Gasteiger partial charge in [-0.2, -0.15) is 0 Å². The lowest BCUT2D eigenvalue weighted by atomic mass is 10.1. The normalized spacial score (nSPS) is 9.00. The number of rotatable bonds is 4. The minimum absolute atomic E-state index is 0.702. The number of anilines is 1. The van der Waals surface area contributed by atoms with E-state index in [9.17, 15) is 4.79 Å².